The van der Waals surface area contributed by atoms with Crippen LogP contribution in [0.25, 0.3) is 10.8 Å². The lowest BCUT2D eigenvalue weighted by Crippen LogP contribution is -2.60. The Hall–Kier alpha value is -4.65. The fourth-order valence-electron chi connectivity index (χ4n) is 6.73. The van der Waals surface area contributed by atoms with Gasteiger partial charge in [-0.2, -0.15) is 0 Å². The van der Waals surface area contributed by atoms with Crippen LogP contribution in [0.5, 0.6) is 11.6 Å². The van der Waals surface area contributed by atoms with Crippen LogP contribution < -0.4 is 24.8 Å². The van der Waals surface area contributed by atoms with Crippen LogP contribution in [0.3, 0.4) is 0 Å². The summed E-state index contributed by atoms with van der Waals surface area (Å²) in [6, 6.07) is 4.19. The first kappa shape index (κ1) is 44.5. The lowest BCUT2D eigenvalue weighted by atomic mass is 10.1. The number of hydrogen-bond acceptors (Lipinski definition) is 11. The summed E-state index contributed by atoms with van der Waals surface area (Å²) < 4.78 is 90.0. The Kier molecular flexibility index (Phi) is 13.6. The van der Waals surface area contributed by atoms with E-state index in [4.69, 9.17) is 18.9 Å². The molecule has 0 spiro atoms. The van der Waals surface area contributed by atoms with E-state index in [1.807, 2.05) is 23.8 Å². The number of likely N-dealkylation sites (tertiary alicyclic amines) is 1. The standard InChI is InChI=1S/C39H52F3N5O10S/c1-7-8-9-12-23(2)55-24(3)30(44-36(51)57-37(4,5)34(41)42)33(49)47-21-25(56-32-27-14-11-10-13-26(27)29(54-6)20-43-32)19-28(47)31(48)45-39(17-18-39)35(50)46-58(52,53)38(22-40)15-16-38/h7-8,10-11,13-14,20,23-25,28,30,34H,9,12,15-19,21-22H2,1-6H3,(H,44,51)(H,45,48)(H,46,50)/b8-7-/t23-,24+,25-,28+,30+/m1/s1. The normalized spacial score (nSPS) is 21.2. The van der Waals surface area contributed by atoms with Crippen LogP contribution in [0.15, 0.2) is 42.6 Å². The zero-order valence-corrected chi connectivity index (χ0v) is 34.2. The number of sulfonamides is 1. The number of methoxy groups -OCH3 is 1. The third-order valence-corrected chi connectivity index (χ3v) is 12.9. The van der Waals surface area contributed by atoms with Crippen LogP contribution in [0, 0.1) is 0 Å². The van der Waals surface area contributed by atoms with Crippen LogP contribution in [0.1, 0.15) is 79.6 Å². The Balaban J connectivity index is 1.45. The molecular weight excluding hydrogens is 788 g/mol. The highest BCUT2D eigenvalue weighted by Crippen LogP contribution is 2.44. The second-order valence-electron chi connectivity index (χ2n) is 15.7. The highest BCUT2D eigenvalue weighted by atomic mass is 32.2. The van der Waals surface area contributed by atoms with Crippen molar-refractivity contribution in [2.45, 2.75) is 132 Å². The average Bonchev–Trinajstić information content (AvgIpc) is 4.10. The van der Waals surface area contributed by atoms with Crippen molar-refractivity contribution in [2.24, 2.45) is 0 Å². The van der Waals surface area contributed by atoms with Crippen molar-refractivity contribution < 1.29 is 59.7 Å². The van der Waals surface area contributed by atoms with Gasteiger partial charge in [0.2, 0.25) is 27.7 Å². The molecule has 3 N–H and O–H groups in total. The first-order chi connectivity index (χ1) is 27.3. The molecule has 58 heavy (non-hydrogen) atoms. The molecule has 2 aromatic rings. The molecular formula is C39H52F3N5O10S. The second kappa shape index (κ2) is 17.7. The molecule has 2 aliphatic carbocycles. The lowest BCUT2D eigenvalue weighted by molar-refractivity contribution is -0.145. The zero-order chi connectivity index (χ0) is 42.6. The number of aromatic nitrogens is 1. The summed E-state index contributed by atoms with van der Waals surface area (Å²) in [7, 11) is -2.91. The molecule has 1 aliphatic heterocycles. The topological polar surface area (TPSA) is 192 Å². The Labute approximate surface area is 335 Å². The molecule has 320 valence electrons. The molecule has 19 heteroatoms. The van der Waals surface area contributed by atoms with Gasteiger partial charge < -0.3 is 34.5 Å². The van der Waals surface area contributed by atoms with E-state index in [0.29, 0.717) is 29.4 Å². The van der Waals surface area contributed by atoms with Gasteiger partial charge in [-0.3, -0.25) is 19.1 Å². The van der Waals surface area contributed by atoms with E-state index >= 15 is 0 Å². The highest BCUT2D eigenvalue weighted by Gasteiger charge is 2.60. The summed E-state index contributed by atoms with van der Waals surface area (Å²) in [5.41, 5.74) is -3.88. The number of nitrogens with zero attached hydrogens (tertiary/aromatic N) is 2. The predicted molar refractivity (Wildman–Crippen MR) is 205 cm³/mol. The van der Waals surface area contributed by atoms with E-state index in [0.717, 1.165) is 18.7 Å². The van der Waals surface area contributed by atoms with Crippen molar-refractivity contribution in [1.29, 1.82) is 0 Å². The minimum absolute atomic E-state index is 0.0451. The summed E-state index contributed by atoms with van der Waals surface area (Å²) in [6.07, 6.45) is -0.287. The summed E-state index contributed by atoms with van der Waals surface area (Å²) >= 11 is 0. The van der Waals surface area contributed by atoms with E-state index in [9.17, 15) is 40.8 Å². The molecule has 2 saturated carbocycles. The monoisotopic (exact) mass is 839 g/mol. The van der Waals surface area contributed by atoms with Gasteiger partial charge in [0.25, 0.3) is 12.3 Å². The predicted octanol–water partition coefficient (Wildman–Crippen LogP) is 4.48. The van der Waals surface area contributed by atoms with E-state index in [1.165, 1.54) is 20.2 Å². The van der Waals surface area contributed by atoms with Crippen molar-refractivity contribution in [3.05, 3.63) is 42.6 Å². The van der Waals surface area contributed by atoms with Crippen molar-refractivity contribution in [2.75, 3.05) is 20.3 Å². The smallest absolute Gasteiger partial charge is 0.408 e. The lowest BCUT2D eigenvalue weighted by Gasteiger charge is -2.33. The molecule has 3 fully saturated rings. The Bertz CT molecular complexity index is 1990. The number of carbonyl (C=O) groups excluding carboxylic acids is 4. The average molecular weight is 840 g/mol. The van der Waals surface area contributed by atoms with Gasteiger partial charge in [0.05, 0.1) is 32.1 Å². The first-order valence-electron chi connectivity index (χ1n) is 19.2. The molecule has 15 nitrogen and oxygen atoms in total. The van der Waals surface area contributed by atoms with E-state index in [2.05, 4.69) is 15.6 Å². The van der Waals surface area contributed by atoms with Gasteiger partial charge in [-0.05, 0) is 79.2 Å². The van der Waals surface area contributed by atoms with E-state index in [1.54, 1.807) is 31.2 Å². The number of nitrogens with one attached hydrogen (secondary N) is 3. The summed E-state index contributed by atoms with van der Waals surface area (Å²) in [6.45, 7) is 5.73. The number of fused-ring (bicyclic) bond motifs is 1. The summed E-state index contributed by atoms with van der Waals surface area (Å²) in [5, 5.41) is 6.26. The Morgan fingerprint density at radius 3 is 2.34 bits per heavy atom. The number of benzene rings is 1. The van der Waals surface area contributed by atoms with Gasteiger partial charge in [0.15, 0.2) is 5.60 Å². The number of pyridine rings is 1. The number of rotatable bonds is 19. The van der Waals surface area contributed by atoms with Crippen LogP contribution in [-0.2, 0) is 33.9 Å². The van der Waals surface area contributed by atoms with E-state index in [-0.39, 0.29) is 44.5 Å². The van der Waals surface area contributed by atoms with Gasteiger partial charge in [-0.25, -0.2) is 31.4 Å². The molecule has 2 heterocycles. The van der Waals surface area contributed by atoms with Gasteiger partial charge in [0, 0.05) is 17.2 Å². The van der Waals surface area contributed by atoms with Gasteiger partial charge in [-0.15, -0.1) is 0 Å². The molecule has 0 unspecified atom stereocenters. The van der Waals surface area contributed by atoms with Crippen molar-refractivity contribution in [3.8, 4) is 11.6 Å². The molecule has 1 aromatic heterocycles. The Morgan fingerprint density at radius 2 is 1.76 bits per heavy atom. The van der Waals surface area contributed by atoms with Crippen LogP contribution in [0.4, 0.5) is 18.0 Å². The fourth-order valence-corrected chi connectivity index (χ4v) is 8.17. The number of halogens is 3. The van der Waals surface area contributed by atoms with Crippen molar-refractivity contribution in [3.63, 3.8) is 0 Å². The second-order valence-corrected chi connectivity index (χ2v) is 17.8. The minimum Gasteiger partial charge on any atom is -0.494 e. The van der Waals surface area contributed by atoms with Gasteiger partial charge in [0.1, 0.15) is 40.9 Å². The van der Waals surface area contributed by atoms with Gasteiger partial charge >= 0.3 is 6.09 Å². The molecule has 3 aliphatic rings. The molecule has 0 radical (unpaired) electrons. The number of alkyl carbamates (subject to hydrolysis) is 1. The summed E-state index contributed by atoms with van der Waals surface area (Å²) in [5.74, 6) is -2.08. The van der Waals surface area contributed by atoms with Crippen LogP contribution >= 0.6 is 0 Å². The van der Waals surface area contributed by atoms with Crippen LogP contribution in [0.2, 0.25) is 0 Å². The number of allylic oxidation sites excluding steroid dienone is 2. The first-order valence-corrected chi connectivity index (χ1v) is 20.7. The SMILES string of the molecule is C/C=C\CC[C@@H](C)O[C@@H](C)[C@H](NC(=O)OC(C)(C)C(F)F)C(=O)N1C[C@H](Oc2ncc(OC)c3ccccc23)C[C@H]1C(=O)NC1(C(=O)NS(=O)(=O)C2(CF)CC2)CC1. The maximum atomic E-state index is 14.7. The number of alkyl halides is 3. The van der Waals surface area contributed by atoms with Crippen molar-refractivity contribution in [1.82, 2.24) is 25.2 Å². The molecule has 4 amide bonds. The fraction of sp³-hybridized carbons (Fsp3) is 0.615. The number of carbonyl (C=O) groups is 4. The third kappa shape index (κ3) is 9.78. The molecule has 1 aromatic carbocycles. The molecule has 0 bridgehead atoms. The third-order valence-electron chi connectivity index (χ3n) is 10.8. The maximum Gasteiger partial charge on any atom is 0.408 e. The zero-order valence-electron chi connectivity index (χ0n) is 33.4. The maximum absolute atomic E-state index is 14.7. The van der Waals surface area contributed by atoms with Crippen molar-refractivity contribution >= 4 is 44.6 Å². The quantitative estimate of drug-likeness (QED) is 0.169. The minimum atomic E-state index is -4.40. The van der Waals surface area contributed by atoms with Gasteiger partial charge in [-0.1, -0.05) is 30.4 Å². The molecule has 5 atom stereocenters. The number of ether oxygens (including phenoxy) is 4. The molecule has 5 rings (SSSR count). The number of amides is 4. The number of hydrogen-bond donors (Lipinski definition) is 3. The molecule has 1 saturated heterocycles. The Morgan fingerprint density at radius 1 is 1.09 bits per heavy atom. The largest absolute Gasteiger partial charge is 0.494 e. The summed E-state index contributed by atoms with van der Waals surface area (Å²) in [4.78, 5) is 61.0. The van der Waals surface area contributed by atoms with Crippen LogP contribution in [-0.4, -0.2) is 115 Å². The van der Waals surface area contributed by atoms with E-state index < -0.39 is 93.2 Å². The highest BCUT2D eigenvalue weighted by molar-refractivity contribution is 7.91.